The number of hydrogen-bond acceptors (Lipinski definition) is 7. The van der Waals surface area contributed by atoms with Gasteiger partial charge in [0, 0.05) is 17.5 Å². The molecule has 1 N–H and O–H groups in total. The van der Waals surface area contributed by atoms with Gasteiger partial charge in [0.25, 0.3) is 5.55 Å². The van der Waals surface area contributed by atoms with E-state index in [1.54, 1.807) is 48.5 Å². The van der Waals surface area contributed by atoms with E-state index in [1.165, 1.54) is 37.0 Å². The van der Waals surface area contributed by atoms with Gasteiger partial charge in [-0.05, 0) is 98.3 Å². The predicted octanol–water partition coefficient (Wildman–Crippen LogP) is 7.19. The molecule has 1 fully saturated rings. The van der Waals surface area contributed by atoms with E-state index < -0.39 is 22.0 Å². The molecule has 0 saturated heterocycles. The molecule has 1 atom stereocenters. The van der Waals surface area contributed by atoms with Gasteiger partial charge in [0.15, 0.2) is 0 Å². The summed E-state index contributed by atoms with van der Waals surface area (Å²) in [7, 11) is -4.05. The Morgan fingerprint density at radius 2 is 1.76 bits per heavy atom. The van der Waals surface area contributed by atoms with E-state index >= 15 is 0 Å². The van der Waals surface area contributed by atoms with Crippen molar-refractivity contribution >= 4 is 27.0 Å². The molecule has 0 amide bonds. The van der Waals surface area contributed by atoms with Crippen molar-refractivity contribution in [3.05, 3.63) is 101 Å². The quantitative estimate of drug-likeness (QED) is 0.155. The summed E-state index contributed by atoms with van der Waals surface area (Å²) in [5.74, 6) is -0.0278. The number of hydrogen-bond donors (Lipinski definition) is 1. The largest absolute Gasteiger partial charge is 0.487 e. The lowest BCUT2D eigenvalue weighted by Crippen LogP contribution is -2.41. The molecular weight excluding hydrogens is 588 g/mol. The first kappa shape index (κ1) is 31.0. The standard InChI is InChI=1S/C36H40N2O6S/c1-3-4-11-27-23-33(42-32-24-31-28(22-30(27)32)18-21-36(43-31)19-9-6-10-20-36)37-44-35(39)34(26-12-7-5-8-13-26)38-45(40,41)29-16-14-25(2)15-17-29/h5,7-8,12-17,22-24,34,38H,3-4,6,9-11,18-21H2,1-2H3/b37-33-/t34-/m0/s1. The Hall–Kier alpha value is -3.95. The van der Waals surface area contributed by atoms with E-state index in [-0.39, 0.29) is 16.1 Å². The second-order valence-corrected chi connectivity index (χ2v) is 14.0. The van der Waals surface area contributed by atoms with Crippen LogP contribution in [0.2, 0.25) is 0 Å². The molecule has 8 nitrogen and oxygen atoms in total. The molecule has 2 heterocycles. The summed E-state index contributed by atoms with van der Waals surface area (Å²) in [6, 6.07) is 19.6. The van der Waals surface area contributed by atoms with Crippen molar-refractivity contribution < 1.29 is 27.2 Å². The SMILES string of the molecule is CCCCc1c/c(=N/OC(=O)[C@@H](NS(=O)(=O)c2ccc(C)cc2)c2ccccc2)oc2cc3c(cc12)CCC1(CCCCC1)O3. The summed E-state index contributed by atoms with van der Waals surface area (Å²) in [6.07, 6.45) is 10.6. The van der Waals surface area contributed by atoms with E-state index in [9.17, 15) is 13.2 Å². The molecule has 45 heavy (non-hydrogen) atoms. The van der Waals surface area contributed by atoms with Gasteiger partial charge in [0.05, 0.1) is 4.90 Å². The monoisotopic (exact) mass is 628 g/mol. The van der Waals surface area contributed by atoms with E-state index in [2.05, 4.69) is 22.9 Å². The molecule has 236 valence electrons. The second kappa shape index (κ2) is 13.2. The molecule has 1 saturated carbocycles. The summed E-state index contributed by atoms with van der Waals surface area (Å²) in [6.45, 7) is 4.01. The minimum absolute atomic E-state index is 0.0458. The van der Waals surface area contributed by atoms with E-state index in [0.29, 0.717) is 11.1 Å². The molecule has 1 spiro atoms. The maximum absolute atomic E-state index is 13.5. The number of nitrogens with one attached hydrogen (secondary N) is 1. The van der Waals surface area contributed by atoms with Crippen LogP contribution in [0.3, 0.4) is 0 Å². The van der Waals surface area contributed by atoms with Crippen LogP contribution < -0.4 is 15.0 Å². The molecule has 3 aromatic carbocycles. The number of carbonyl (C=O) groups excluding carboxylic acids is 1. The van der Waals surface area contributed by atoms with Crippen molar-refractivity contribution in [1.82, 2.24) is 4.72 Å². The van der Waals surface area contributed by atoms with Gasteiger partial charge in [0.2, 0.25) is 10.0 Å². The third-order valence-electron chi connectivity index (χ3n) is 8.96. The molecule has 1 aromatic heterocycles. The summed E-state index contributed by atoms with van der Waals surface area (Å²) in [5.41, 5.74) is 4.23. The van der Waals surface area contributed by atoms with Crippen molar-refractivity contribution in [3.8, 4) is 5.75 Å². The molecule has 0 unspecified atom stereocenters. The van der Waals surface area contributed by atoms with E-state index in [4.69, 9.17) is 14.0 Å². The molecule has 1 aliphatic heterocycles. The van der Waals surface area contributed by atoms with Crippen molar-refractivity contribution in [2.45, 2.75) is 94.6 Å². The fourth-order valence-corrected chi connectivity index (χ4v) is 7.57. The van der Waals surface area contributed by atoms with Gasteiger partial charge >= 0.3 is 5.97 Å². The van der Waals surface area contributed by atoms with Crippen LogP contribution in [-0.2, 0) is 32.5 Å². The first-order valence-electron chi connectivity index (χ1n) is 15.9. The zero-order chi connectivity index (χ0) is 31.4. The summed E-state index contributed by atoms with van der Waals surface area (Å²) in [4.78, 5) is 18.9. The van der Waals surface area contributed by atoms with Crippen molar-refractivity contribution in [3.63, 3.8) is 0 Å². The molecule has 1 aliphatic carbocycles. The fraction of sp³-hybridized carbons (Fsp3) is 0.389. The smallest absolute Gasteiger partial charge is 0.357 e. The van der Waals surface area contributed by atoms with E-state index in [1.807, 2.05) is 13.0 Å². The highest BCUT2D eigenvalue weighted by Crippen LogP contribution is 2.43. The first-order valence-corrected chi connectivity index (χ1v) is 17.4. The predicted molar refractivity (Wildman–Crippen MR) is 172 cm³/mol. The van der Waals surface area contributed by atoms with Gasteiger partial charge in [-0.3, -0.25) is 0 Å². The highest BCUT2D eigenvalue weighted by atomic mass is 32.2. The Balaban J connectivity index is 1.32. The zero-order valence-electron chi connectivity index (χ0n) is 25.9. The summed E-state index contributed by atoms with van der Waals surface area (Å²) < 4.78 is 41.8. The highest BCUT2D eigenvalue weighted by molar-refractivity contribution is 7.89. The molecule has 0 radical (unpaired) electrons. The lowest BCUT2D eigenvalue weighted by Gasteiger charge is -2.41. The Bertz CT molecular complexity index is 1840. The molecule has 4 aromatic rings. The molecular formula is C36H40N2O6S. The fourth-order valence-electron chi connectivity index (χ4n) is 6.40. The third-order valence-corrected chi connectivity index (χ3v) is 10.4. The lowest BCUT2D eigenvalue weighted by molar-refractivity contribution is -0.146. The van der Waals surface area contributed by atoms with Crippen molar-refractivity contribution in [2.24, 2.45) is 5.16 Å². The molecule has 9 heteroatoms. The van der Waals surface area contributed by atoms with Crippen LogP contribution in [0.4, 0.5) is 0 Å². The van der Waals surface area contributed by atoms with E-state index in [0.717, 1.165) is 67.2 Å². The van der Waals surface area contributed by atoms with Crippen molar-refractivity contribution in [2.75, 3.05) is 0 Å². The van der Waals surface area contributed by atoms with Crippen LogP contribution in [0.5, 0.6) is 5.75 Å². The van der Waals surface area contributed by atoms with Gasteiger partial charge < -0.3 is 14.0 Å². The number of sulfonamides is 1. The first-order chi connectivity index (χ1) is 21.7. The number of aryl methyl sites for hydroxylation is 3. The number of rotatable bonds is 9. The van der Waals surface area contributed by atoms with Gasteiger partial charge in [-0.25, -0.2) is 13.2 Å². The second-order valence-electron chi connectivity index (χ2n) is 12.3. The topological polar surface area (TPSA) is 107 Å². The minimum Gasteiger partial charge on any atom is -0.487 e. The maximum atomic E-state index is 13.5. The number of fused-ring (bicyclic) bond motifs is 2. The van der Waals surface area contributed by atoms with Gasteiger partial charge in [-0.1, -0.05) is 67.8 Å². The average Bonchev–Trinajstić information content (AvgIpc) is 3.05. The van der Waals surface area contributed by atoms with Gasteiger partial charge in [-0.2, -0.15) is 4.72 Å². The minimum atomic E-state index is -4.05. The van der Waals surface area contributed by atoms with Crippen LogP contribution in [-0.4, -0.2) is 20.0 Å². The van der Waals surface area contributed by atoms with Crippen molar-refractivity contribution in [1.29, 1.82) is 0 Å². The normalized spacial score (nSPS) is 17.1. The number of carbonyl (C=O) groups is 1. The van der Waals surface area contributed by atoms with Gasteiger partial charge in [-0.15, -0.1) is 0 Å². The Kier molecular flexibility index (Phi) is 9.10. The average molecular weight is 629 g/mol. The molecule has 2 aliphatic rings. The Labute approximate surface area is 264 Å². The number of unbranched alkanes of at least 4 members (excludes halogenated alkanes) is 1. The Morgan fingerprint density at radius 1 is 1.00 bits per heavy atom. The molecule has 0 bridgehead atoms. The lowest BCUT2D eigenvalue weighted by atomic mass is 9.79. The van der Waals surface area contributed by atoms with Crippen LogP contribution >= 0.6 is 0 Å². The van der Waals surface area contributed by atoms with Gasteiger partial charge in [0.1, 0.15) is 23.0 Å². The maximum Gasteiger partial charge on any atom is 0.357 e. The number of ether oxygens (including phenoxy) is 1. The number of benzene rings is 3. The van der Waals surface area contributed by atoms with Crippen LogP contribution in [0.15, 0.2) is 87.3 Å². The van der Waals surface area contributed by atoms with Crippen LogP contribution in [0, 0.1) is 6.92 Å². The summed E-state index contributed by atoms with van der Waals surface area (Å²) >= 11 is 0. The highest BCUT2D eigenvalue weighted by Gasteiger charge is 2.37. The Morgan fingerprint density at radius 3 is 2.49 bits per heavy atom. The van der Waals surface area contributed by atoms with Crippen LogP contribution in [0.25, 0.3) is 11.0 Å². The molecule has 6 rings (SSSR count). The zero-order valence-corrected chi connectivity index (χ0v) is 26.7. The number of nitrogens with zero attached hydrogens (tertiary/aromatic N) is 1. The van der Waals surface area contributed by atoms with Crippen LogP contribution in [0.1, 0.15) is 86.6 Å². The third kappa shape index (κ3) is 6.99. The summed E-state index contributed by atoms with van der Waals surface area (Å²) in [5, 5.41) is 5.09.